The smallest absolute Gasteiger partial charge is 0.323 e. The minimum atomic E-state index is -1.01. The zero-order valence-corrected chi connectivity index (χ0v) is 9.46. The van der Waals surface area contributed by atoms with Crippen LogP contribution in [0.4, 0.5) is 0 Å². The van der Waals surface area contributed by atoms with Crippen molar-refractivity contribution in [2.75, 3.05) is 6.54 Å². The third-order valence-electron chi connectivity index (χ3n) is 2.55. The molecule has 1 aromatic heterocycles. The van der Waals surface area contributed by atoms with E-state index in [1.807, 2.05) is 0 Å². The quantitative estimate of drug-likeness (QED) is 0.820. The first-order valence-electron chi connectivity index (χ1n) is 5.39. The van der Waals surface area contributed by atoms with E-state index in [0.29, 0.717) is 0 Å². The fraction of sp³-hybridized carbons (Fsp3) is 0.455. The van der Waals surface area contributed by atoms with Gasteiger partial charge in [0.25, 0.3) is 5.91 Å². The molecule has 6 heteroatoms. The molecule has 90 valence electrons. The van der Waals surface area contributed by atoms with Crippen molar-refractivity contribution in [1.82, 2.24) is 14.9 Å². The highest BCUT2D eigenvalue weighted by atomic mass is 16.4. The molecule has 0 aromatic carbocycles. The van der Waals surface area contributed by atoms with Crippen molar-refractivity contribution < 1.29 is 14.7 Å². The standard InChI is InChI=1S/C11H13N3O3/c1-7-4-13-9(5-12-7)11(17)14(6-10(15)16)8-2-3-8/h4-5,8H,2-3,6H2,1H3,(H,15,16). The lowest BCUT2D eigenvalue weighted by Gasteiger charge is -2.19. The monoisotopic (exact) mass is 235 g/mol. The summed E-state index contributed by atoms with van der Waals surface area (Å²) in [5.74, 6) is -1.37. The molecule has 6 nitrogen and oxygen atoms in total. The summed E-state index contributed by atoms with van der Waals surface area (Å²) in [5, 5.41) is 8.77. The average molecular weight is 235 g/mol. The summed E-state index contributed by atoms with van der Waals surface area (Å²) in [6.45, 7) is 1.50. The molecule has 1 heterocycles. The zero-order valence-electron chi connectivity index (χ0n) is 9.46. The van der Waals surface area contributed by atoms with Gasteiger partial charge >= 0.3 is 5.97 Å². The summed E-state index contributed by atoms with van der Waals surface area (Å²) < 4.78 is 0. The fourth-order valence-electron chi connectivity index (χ4n) is 1.55. The molecule has 1 aromatic rings. The Kier molecular flexibility index (Phi) is 3.03. The second-order valence-corrected chi connectivity index (χ2v) is 4.10. The Balaban J connectivity index is 2.15. The summed E-state index contributed by atoms with van der Waals surface area (Å²) in [5.41, 5.74) is 0.918. The van der Waals surface area contributed by atoms with Gasteiger partial charge in [0.2, 0.25) is 0 Å². The number of carboxylic acid groups (broad SMARTS) is 1. The van der Waals surface area contributed by atoms with E-state index in [2.05, 4.69) is 9.97 Å². The number of hydrogen-bond donors (Lipinski definition) is 1. The van der Waals surface area contributed by atoms with E-state index in [1.54, 1.807) is 6.92 Å². The van der Waals surface area contributed by atoms with Crippen LogP contribution in [0.15, 0.2) is 12.4 Å². The van der Waals surface area contributed by atoms with Gasteiger partial charge in [0, 0.05) is 12.2 Å². The fourth-order valence-corrected chi connectivity index (χ4v) is 1.55. The van der Waals surface area contributed by atoms with Gasteiger partial charge in [-0.1, -0.05) is 0 Å². The predicted octanol–water partition coefficient (Wildman–Crippen LogP) is 0.474. The highest BCUT2D eigenvalue weighted by Gasteiger charge is 2.34. The highest BCUT2D eigenvalue weighted by molar-refractivity contribution is 5.94. The third-order valence-corrected chi connectivity index (χ3v) is 2.55. The summed E-state index contributed by atoms with van der Waals surface area (Å²) in [6, 6.07) is 0.0432. The van der Waals surface area contributed by atoms with Crippen LogP contribution in [0.1, 0.15) is 29.0 Å². The maximum Gasteiger partial charge on any atom is 0.323 e. The van der Waals surface area contributed by atoms with Crippen LogP contribution >= 0.6 is 0 Å². The first kappa shape index (κ1) is 11.5. The topological polar surface area (TPSA) is 83.4 Å². The molecule has 0 aliphatic heterocycles. The van der Waals surface area contributed by atoms with E-state index >= 15 is 0 Å². The van der Waals surface area contributed by atoms with E-state index in [1.165, 1.54) is 17.3 Å². The van der Waals surface area contributed by atoms with Crippen LogP contribution in [0.3, 0.4) is 0 Å². The summed E-state index contributed by atoms with van der Waals surface area (Å²) in [6.07, 6.45) is 4.60. The Morgan fingerprint density at radius 3 is 2.59 bits per heavy atom. The number of rotatable bonds is 4. The van der Waals surface area contributed by atoms with Gasteiger partial charge < -0.3 is 10.0 Å². The molecule has 0 bridgehead atoms. The van der Waals surface area contributed by atoms with Crippen molar-refractivity contribution in [3.63, 3.8) is 0 Å². The molecule has 0 unspecified atom stereocenters. The first-order chi connectivity index (χ1) is 8.08. The lowest BCUT2D eigenvalue weighted by atomic mass is 10.3. The summed E-state index contributed by atoms with van der Waals surface area (Å²) in [4.78, 5) is 32.0. The number of aryl methyl sites for hydroxylation is 1. The molecule has 2 rings (SSSR count). The molecule has 0 radical (unpaired) electrons. The molecular formula is C11H13N3O3. The first-order valence-corrected chi connectivity index (χ1v) is 5.39. The van der Waals surface area contributed by atoms with E-state index in [4.69, 9.17) is 5.11 Å². The van der Waals surface area contributed by atoms with Gasteiger partial charge in [-0.3, -0.25) is 14.6 Å². The Morgan fingerprint density at radius 2 is 2.12 bits per heavy atom. The molecule has 0 atom stereocenters. The van der Waals surface area contributed by atoms with Crippen LogP contribution in [-0.2, 0) is 4.79 Å². The van der Waals surface area contributed by atoms with Crippen LogP contribution in [0.25, 0.3) is 0 Å². The number of carboxylic acids is 1. The van der Waals surface area contributed by atoms with E-state index in [-0.39, 0.29) is 24.2 Å². The number of hydrogen-bond acceptors (Lipinski definition) is 4. The average Bonchev–Trinajstić information content (AvgIpc) is 3.09. The van der Waals surface area contributed by atoms with Crippen molar-refractivity contribution >= 4 is 11.9 Å². The van der Waals surface area contributed by atoms with Crippen molar-refractivity contribution in [2.24, 2.45) is 0 Å². The van der Waals surface area contributed by atoms with E-state index in [0.717, 1.165) is 18.5 Å². The van der Waals surface area contributed by atoms with Gasteiger partial charge in [0.05, 0.1) is 11.9 Å². The number of nitrogens with zero attached hydrogens (tertiary/aromatic N) is 3. The zero-order chi connectivity index (χ0) is 12.4. The lowest BCUT2D eigenvalue weighted by molar-refractivity contribution is -0.137. The third kappa shape index (κ3) is 2.77. The van der Waals surface area contributed by atoms with Crippen LogP contribution in [-0.4, -0.2) is 44.4 Å². The van der Waals surface area contributed by atoms with Gasteiger partial charge in [-0.15, -0.1) is 0 Å². The molecule has 1 N–H and O–H groups in total. The molecule has 1 aliphatic carbocycles. The lowest BCUT2D eigenvalue weighted by Crippen LogP contribution is -2.37. The molecule has 1 fully saturated rings. The number of aliphatic carboxylic acids is 1. The van der Waals surface area contributed by atoms with Gasteiger partial charge in [-0.25, -0.2) is 4.98 Å². The Bertz CT molecular complexity index is 440. The summed E-state index contributed by atoms with van der Waals surface area (Å²) >= 11 is 0. The maximum atomic E-state index is 12.0. The van der Waals surface area contributed by atoms with Crippen LogP contribution < -0.4 is 0 Å². The van der Waals surface area contributed by atoms with Crippen molar-refractivity contribution in [3.8, 4) is 0 Å². The Labute approximate surface area is 98.3 Å². The summed E-state index contributed by atoms with van der Waals surface area (Å²) in [7, 11) is 0. The number of aromatic nitrogens is 2. The van der Waals surface area contributed by atoms with Crippen molar-refractivity contribution in [3.05, 3.63) is 23.8 Å². The number of carbonyl (C=O) groups is 2. The molecule has 17 heavy (non-hydrogen) atoms. The van der Waals surface area contributed by atoms with Gasteiger partial charge in [0.1, 0.15) is 12.2 Å². The van der Waals surface area contributed by atoms with Gasteiger partial charge in [0.15, 0.2) is 0 Å². The SMILES string of the molecule is Cc1cnc(C(=O)N(CC(=O)O)C2CC2)cn1. The van der Waals surface area contributed by atoms with Crippen LogP contribution in [0.5, 0.6) is 0 Å². The highest BCUT2D eigenvalue weighted by Crippen LogP contribution is 2.27. The molecule has 0 spiro atoms. The predicted molar refractivity (Wildman–Crippen MR) is 58.5 cm³/mol. The van der Waals surface area contributed by atoms with E-state index < -0.39 is 5.97 Å². The minimum absolute atomic E-state index is 0.0432. The Morgan fingerprint density at radius 1 is 1.41 bits per heavy atom. The van der Waals surface area contributed by atoms with Crippen molar-refractivity contribution in [2.45, 2.75) is 25.8 Å². The van der Waals surface area contributed by atoms with E-state index in [9.17, 15) is 9.59 Å². The normalized spacial score (nSPS) is 14.4. The molecule has 1 aliphatic rings. The van der Waals surface area contributed by atoms with Crippen molar-refractivity contribution in [1.29, 1.82) is 0 Å². The van der Waals surface area contributed by atoms with Gasteiger partial charge in [-0.05, 0) is 19.8 Å². The van der Waals surface area contributed by atoms with Crippen LogP contribution in [0, 0.1) is 6.92 Å². The number of carbonyl (C=O) groups excluding carboxylic acids is 1. The largest absolute Gasteiger partial charge is 0.480 e. The molecular weight excluding hydrogens is 222 g/mol. The molecule has 0 saturated heterocycles. The second-order valence-electron chi connectivity index (χ2n) is 4.10. The number of amides is 1. The maximum absolute atomic E-state index is 12.0. The molecule has 1 amide bonds. The van der Waals surface area contributed by atoms with Crippen LogP contribution in [0.2, 0.25) is 0 Å². The Hall–Kier alpha value is -1.98. The minimum Gasteiger partial charge on any atom is -0.480 e. The van der Waals surface area contributed by atoms with Gasteiger partial charge in [-0.2, -0.15) is 0 Å². The second kappa shape index (κ2) is 4.48. The molecule has 1 saturated carbocycles.